The summed E-state index contributed by atoms with van der Waals surface area (Å²) in [5.41, 5.74) is 2.73. The van der Waals surface area contributed by atoms with Crippen molar-refractivity contribution in [1.29, 1.82) is 0 Å². The molecular formula is C20H30N2O. The highest BCUT2D eigenvalue weighted by Crippen LogP contribution is 2.29. The number of benzene rings is 1. The summed E-state index contributed by atoms with van der Waals surface area (Å²) in [7, 11) is 2.12. The van der Waals surface area contributed by atoms with Gasteiger partial charge in [0.2, 0.25) is 5.91 Å². The number of aryl methyl sites for hydroxylation is 1. The molecule has 1 unspecified atom stereocenters. The molecule has 23 heavy (non-hydrogen) atoms. The molecule has 1 aromatic rings. The number of amides is 1. The maximum Gasteiger partial charge on any atom is 0.234 e. The Bertz CT molecular complexity index is 520. The van der Waals surface area contributed by atoms with Crippen LogP contribution in [0, 0.1) is 0 Å². The highest BCUT2D eigenvalue weighted by atomic mass is 16.2. The van der Waals surface area contributed by atoms with Crippen LogP contribution in [0.1, 0.15) is 68.5 Å². The Labute approximate surface area is 140 Å². The molecule has 1 aromatic carbocycles. The molecule has 3 nitrogen and oxygen atoms in total. The topological polar surface area (TPSA) is 32.3 Å². The molecule has 3 heteroatoms. The molecule has 0 aromatic heterocycles. The number of rotatable bonds is 4. The Balaban J connectivity index is 1.55. The van der Waals surface area contributed by atoms with E-state index in [0.29, 0.717) is 12.6 Å². The number of nitrogens with one attached hydrogen (secondary N) is 1. The summed E-state index contributed by atoms with van der Waals surface area (Å²) < 4.78 is 0. The Hall–Kier alpha value is -1.35. The third-order valence-electron chi connectivity index (χ3n) is 5.55. The minimum Gasteiger partial charge on any atom is -0.348 e. The van der Waals surface area contributed by atoms with Crippen molar-refractivity contribution in [3.8, 4) is 0 Å². The Morgan fingerprint density at radius 3 is 2.61 bits per heavy atom. The SMILES string of the molecule is CN(CC(=O)NC1CCCc2ccccc21)C1CCCCCC1. The summed E-state index contributed by atoms with van der Waals surface area (Å²) in [4.78, 5) is 14.8. The quantitative estimate of drug-likeness (QED) is 0.857. The average molecular weight is 314 g/mol. The maximum absolute atomic E-state index is 12.5. The van der Waals surface area contributed by atoms with Gasteiger partial charge in [-0.2, -0.15) is 0 Å². The zero-order chi connectivity index (χ0) is 16.1. The van der Waals surface area contributed by atoms with Crippen LogP contribution in [0.25, 0.3) is 0 Å². The lowest BCUT2D eigenvalue weighted by Gasteiger charge is -2.29. The number of carbonyl (C=O) groups excluding carboxylic acids is 1. The molecule has 2 aliphatic rings. The number of hydrogen-bond acceptors (Lipinski definition) is 2. The summed E-state index contributed by atoms with van der Waals surface area (Å²) in [6.45, 7) is 0.531. The number of carbonyl (C=O) groups is 1. The number of nitrogens with zero attached hydrogens (tertiary/aromatic N) is 1. The fraction of sp³-hybridized carbons (Fsp3) is 0.650. The molecule has 126 valence electrons. The van der Waals surface area contributed by atoms with Crippen molar-refractivity contribution in [2.75, 3.05) is 13.6 Å². The third kappa shape index (κ3) is 4.35. The number of likely N-dealkylation sites (N-methyl/N-ethyl adjacent to an activating group) is 1. The average Bonchev–Trinajstić information content (AvgIpc) is 2.84. The maximum atomic E-state index is 12.5. The van der Waals surface area contributed by atoms with Gasteiger partial charge in [-0.1, -0.05) is 49.9 Å². The fourth-order valence-electron chi connectivity index (χ4n) is 4.20. The lowest BCUT2D eigenvalue weighted by molar-refractivity contribution is -0.123. The van der Waals surface area contributed by atoms with E-state index in [0.717, 1.165) is 12.8 Å². The number of hydrogen-bond donors (Lipinski definition) is 1. The normalized spacial score (nSPS) is 22.4. The zero-order valence-corrected chi connectivity index (χ0v) is 14.4. The van der Waals surface area contributed by atoms with Crippen LogP contribution in [-0.2, 0) is 11.2 Å². The third-order valence-corrected chi connectivity index (χ3v) is 5.55. The molecule has 1 fully saturated rings. The summed E-state index contributed by atoms with van der Waals surface area (Å²) in [5, 5.41) is 3.28. The largest absolute Gasteiger partial charge is 0.348 e. The van der Waals surface area contributed by atoms with Crippen LogP contribution in [0.5, 0.6) is 0 Å². The van der Waals surface area contributed by atoms with Crippen LogP contribution >= 0.6 is 0 Å². The first-order chi connectivity index (χ1) is 11.2. The lowest BCUT2D eigenvalue weighted by atomic mass is 9.88. The van der Waals surface area contributed by atoms with Gasteiger partial charge in [-0.05, 0) is 50.3 Å². The second-order valence-electron chi connectivity index (χ2n) is 7.27. The van der Waals surface area contributed by atoms with E-state index in [1.165, 1.54) is 56.1 Å². The molecule has 1 saturated carbocycles. The van der Waals surface area contributed by atoms with Gasteiger partial charge in [0.15, 0.2) is 0 Å². The van der Waals surface area contributed by atoms with Gasteiger partial charge in [0.25, 0.3) is 0 Å². The first-order valence-corrected chi connectivity index (χ1v) is 9.31. The van der Waals surface area contributed by atoms with Crippen molar-refractivity contribution in [1.82, 2.24) is 10.2 Å². The first kappa shape index (κ1) is 16.5. The molecular weight excluding hydrogens is 284 g/mol. The van der Waals surface area contributed by atoms with Crippen molar-refractivity contribution in [2.24, 2.45) is 0 Å². The minimum absolute atomic E-state index is 0.179. The van der Waals surface area contributed by atoms with Crippen molar-refractivity contribution < 1.29 is 4.79 Å². The summed E-state index contributed by atoms with van der Waals surface area (Å²) in [6, 6.07) is 9.35. The first-order valence-electron chi connectivity index (χ1n) is 9.31. The molecule has 1 atom stereocenters. The molecule has 0 aliphatic heterocycles. The predicted octanol–water partition coefficient (Wildman–Crippen LogP) is 3.83. The van der Waals surface area contributed by atoms with Crippen LogP contribution < -0.4 is 5.32 Å². The molecule has 0 bridgehead atoms. The van der Waals surface area contributed by atoms with Gasteiger partial charge in [-0.25, -0.2) is 0 Å². The Kier molecular flexibility index (Phi) is 5.71. The van der Waals surface area contributed by atoms with E-state index in [1.807, 2.05) is 0 Å². The van der Waals surface area contributed by atoms with Gasteiger partial charge in [-0.15, -0.1) is 0 Å². The van der Waals surface area contributed by atoms with Crippen molar-refractivity contribution >= 4 is 5.91 Å². The standard InChI is InChI=1S/C20H30N2O/c1-22(17-11-4-2-3-5-12-17)15-20(23)21-19-14-8-10-16-9-6-7-13-18(16)19/h6-7,9,13,17,19H,2-5,8,10-12,14-15H2,1H3,(H,21,23). The van der Waals surface area contributed by atoms with Gasteiger partial charge in [0.1, 0.15) is 0 Å². The summed E-state index contributed by atoms with van der Waals surface area (Å²) in [6.07, 6.45) is 11.2. The molecule has 1 amide bonds. The van der Waals surface area contributed by atoms with E-state index in [2.05, 4.69) is 41.5 Å². The van der Waals surface area contributed by atoms with Crippen molar-refractivity contribution in [3.05, 3.63) is 35.4 Å². The second kappa shape index (κ2) is 7.96. The van der Waals surface area contributed by atoms with Gasteiger partial charge < -0.3 is 5.32 Å². The number of fused-ring (bicyclic) bond motifs is 1. The molecule has 2 aliphatic carbocycles. The van der Waals surface area contributed by atoms with Crippen LogP contribution in [0.15, 0.2) is 24.3 Å². The van der Waals surface area contributed by atoms with Gasteiger partial charge in [-0.3, -0.25) is 9.69 Å². The van der Waals surface area contributed by atoms with E-state index < -0.39 is 0 Å². The lowest BCUT2D eigenvalue weighted by Crippen LogP contribution is -2.42. The highest BCUT2D eigenvalue weighted by Gasteiger charge is 2.23. The molecule has 0 saturated heterocycles. The Morgan fingerprint density at radius 2 is 1.83 bits per heavy atom. The van der Waals surface area contributed by atoms with Crippen LogP contribution in [0.2, 0.25) is 0 Å². The van der Waals surface area contributed by atoms with Gasteiger partial charge in [0, 0.05) is 6.04 Å². The molecule has 0 spiro atoms. The smallest absolute Gasteiger partial charge is 0.234 e. The molecule has 3 rings (SSSR count). The van der Waals surface area contributed by atoms with E-state index in [1.54, 1.807) is 0 Å². The minimum atomic E-state index is 0.179. The van der Waals surface area contributed by atoms with Crippen molar-refractivity contribution in [3.63, 3.8) is 0 Å². The summed E-state index contributed by atoms with van der Waals surface area (Å²) in [5.74, 6) is 0.179. The van der Waals surface area contributed by atoms with Crippen LogP contribution in [0.4, 0.5) is 0 Å². The predicted molar refractivity (Wildman–Crippen MR) is 94.4 cm³/mol. The monoisotopic (exact) mass is 314 g/mol. The van der Waals surface area contributed by atoms with E-state index in [4.69, 9.17) is 0 Å². The van der Waals surface area contributed by atoms with E-state index in [-0.39, 0.29) is 11.9 Å². The molecule has 0 radical (unpaired) electrons. The van der Waals surface area contributed by atoms with Crippen molar-refractivity contribution in [2.45, 2.75) is 69.9 Å². The molecule has 1 N–H and O–H groups in total. The second-order valence-corrected chi connectivity index (χ2v) is 7.27. The highest BCUT2D eigenvalue weighted by molar-refractivity contribution is 5.78. The van der Waals surface area contributed by atoms with Crippen LogP contribution in [-0.4, -0.2) is 30.4 Å². The van der Waals surface area contributed by atoms with E-state index in [9.17, 15) is 4.79 Å². The Morgan fingerprint density at radius 1 is 1.09 bits per heavy atom. The van der Waals surface area contributed by atoms with Gasteiger partial charge >= 0.3 is 0 Å². The zero-order valence-electron chi connectivity index (χ0n) is 14.4. The summed E-state index contributed by atoms with van der Waals surface area (Å²) >= 11 is 0. The van der Waals surface area contributed by atoms with Crippen LogP contribution in [0.3, 0.4) is 0 Å². The van der Waals surface area contributed by atoms with Gasteiger partial charge in [0.05, 0.1) is 12.6 Å². The molecule has 0 heterocycles. The van der Waals surface area contributed by atoms with E-state index >= 15 is 0 Å². The fourth-order valence-corrected chi connectivity index (χ4v) is 4.20.